The molecule has 1 rings (SSSR count). The molecule has 0 aliphatic heterocycles. The van der Waals surface area contributed by atoms with Crippen LogP contribution in [0.4, 0.5) is 0 Å². The molecule has 0 spiro atoms. The Balaban J connectivity index is 2.61. The Bertz CT molecular complexity index is 239. The third-order valence-electron chi connectivity index (χ3n) is 2.71. The average molecular weight is 208 g/mol. The van der Waals surface area contributed by atoms with Crippen molar-refractivity contribution < 1.29 is 0 Å². The summed E-state index contributed by atoms with van der Waals surface area (Å²) in [5.41, 5.74) is 2.82. The summed E-state index contributed by atoms with van der Waals surface area (Å²) in [6.07, 6.45) is 9.74. The number of unbranched alkanes of at least 4 members (excludes halogenated alkanes) is 1. The van der Waals surface area contributed by atoms with E-state index >= 15 is 0 Å². The van der Waals surface area contributed by atoms with Crippen LogP contribution < -0.4 is 0 Å². The van der Waals surface area contributed by atoms with Gasteiger partial charge in [0.1, 0.15) is 0 Å². The van der Waals surface area contributed by atoms with Crippen molar-refractivity contribution in [3.8, 4) is 0 Å². The average Bonchev–Trinajstić information content (AvgIpc) is 2.20. The van der Waals surface area contributed by atoms with E-state index in [-0.39, 0.29) is 0 Å². The molecular formula is C13H24N2. The van der Waals surface area contributed by atoms with Gasteiger partial charge in [-0.25, -0.2) is 0 Å². The van der Waals surface area contributed by atoms with Gasteiger partial charge in [-0.1, -0.05) is 13.3 Å². The lowest BCUT2D eigenvalue weighted by Crippen LogP contribution is -2.14. The zero-order chi connectivity index (χ0) is 11.1. The summed E-state index contributed by atoms with van der Waals surface area (Å²) >= 11 is 0. The molecule has 15 heavy (non-hydrogen) atoms. The Kier molecular flexibility index (Phi) is 5.44. The number of allylic oxidation sites excluding steroid dienone is 1. The molecule has 0 aromatic rings. The number of hydrogen-bond acceptors (Lipinski definition) is 2. The minimum absolute atomic E-state index is 1.01. The SMILES string of the molecule is CCCCN=C1CCCCC1=CN(C)C. The van der Waals surface area contributed by atoms with Gasteiger partial charge in [0.15, 0.2) is 0 Å². The molecule has 0 aromatic carbocycles. The summed E-state index contributed by atoms with van der Waals surface area (Å²) in [4.78, 5) is 6.86. The van der Waals surface area contributed by atoms with Crippen LogP contribution in [0.15, 0.2) is 16.8 Å². The van der Waals surface area contributed by atoms with Gasteiger partial charge in [-0.15, -0.1) is 0 Å². The molecule has 1 fully saturated rings. The lowest BCUT2D eigenvalue weighted by Gasteiger charge is -2.19. The standard InChI is InChI=1S/C13H24N2/c1-4-5-10-14-13-9-7-6-8-12(13)11-15(2)3/h11H,4-10H2,1-3H3. The molecular weight excluding hydrogens is 184 g/mol. The first-order valence-corrected chi connectivity index (χ1v) is 6.15. The summed E-state index contributed by atoms with van der Waals surface area (Å²) in [7, 11) is 4.18. The van der Waals surface area contributed by atoms with Crippen LogP contribution >= 0.6 is 0 Å². The molecule has 2 heteroatoms. The molecule has 86 valence electrons. The summed E-state index contributed by atoms with van der Waals surface area (Å²) in [5, 5.41) is 0. The van der Waals surface area contributed by atoms with Crippen molar-refractivity contribution >= 4 is 5.71 Å². The maximum atomic E-state index is 4.73. The second kappa shape index (κ2) is 6.65. The van der Waals surface area contributed by atoms with Crippen LogP contribution in [0.5, 0.6) is 0 Å². The molecule has 1 aliphatic rings. The molecule has 0 heterocycles. The van der Waals surface area contributed by atoms with Gasteiger partial charge in [0.25, 0.3) is 0 Å². The number of nitrogens with zero attached hydrogens (tertiary/aromatic N) is 2. The van der Waals surface area contributed by atoms with E-state index < -0.39 is 0 Å². The minimum atomic E-state index is 1.01. The highest BCUT2D eigenvalue weighted by Crippen LogP contribution is 2.21. The van der Waals surface area contributed by atoms with Gasteiger partial charge in [0, 0.05) is 32.6 Å². The number of rotatable bonds is 4. The van der Waals surface area contributed by atoms with Crippen LogP contribution in [0.1, 0.15) is 45.4 Å². The maximum Gasteiger partial charge on any atom is 0.0394 e. The second-order valence-corrected chi connectivity index (χ2v) is 4.51. The fourth-order valence-electron chi connectivity index (χ4n) is 1.92. The van der Waals surface area contributed by atoms with Crippen molar-refractivity contribution in [2.75, 3.05) is 20.6 Å². The van der Waals surface area contributed by atoms with Crippen molar-refractivity contribution in [1.82, 2.24) is 4.90 Å². The molecule has 0 aromatic heterocycles. The monoisotopic (exact) mass is 208 g/mol. The van der Waals surface area contributed by atoms with Gasteiger partial charge in [0.05, 0.1) is 0 Å². The van der Waals surface area contributed by atoms with Crippen molar-refractivity contribution in [1.29, 1.82) is 0 Å². The van der Waals surface area contributed by atoms with E-state index in [1.54, 1.807) is 0 Å². The van der Waals surface area contributed by atoms with E-state index in [9.17, 15) is 0 Å². The van der Waals surface area contributed by atoms with Crippen molar-refractivity contribution in [3.63, 3.8) is 0 Å². The molecule has 0 N–H and O–H groups in total. The largest absolute Gasteiger partial charge is 0.383 e. The van der Waals surface area contributed by atoms with E-state index in [0.29, 0.717) is 0 Å². The van der Waals surface area contributed by atoms with Crippen molar-refractivity contribution in [2.45, 2.75) is 45.4 Å². The lowest BCUT2D eigenvalue weighted by molar-refractivity contribution is 0.553. The first-order valence-electron chi connectivity index (χ1n) is 6.15. The Morgan fingerprint density at radius 1 is 1.27 bits per heavy atom. The highest BCUT2D eigenvalue weighted by Gasteiger charge is 2.12. The molecule has 0 amide bonds. The molecule has 0 atom stereocenters. The molecule has 0 saturated heterocycles. The number of aliphatic imine (C=N–C) groups is 1. The molecule has 0 bridgehead atoms. The maximum absolute atomic E-state index is 4.73. The predicted octanol–water partition coefficient (Wildman–Crippen LogP) is 3.25. The Hall–Kier alpha value is -0.790. The van der Waals surface area contributed by atoms with Crippen molar-refractivity contribution in [2.24, 2.45) is 4.99 Å². The van der Waals surface area contributed by atoms with Gasteiger partial charge in [-0.3, -0.25) is 4.99 Å². The van der Waals surface area contributed by atoms with Gasteiger partial charge in [-0.2, -0.15) is 0 Å². The normalized spacial score (nSPS) is 22.3. The molecule has 1 saturated carbocycles. The minimum Gasteiger partial charge on any atom is -0.383 e. The first kappa shape index (κ1) is 12.3. The summed E-state index contributed by atoms with van der Waals surface area (Å²) in [6.45, 7) is 3.23. The van der Waals surface area contributed by atoms with Gasteiger partial charge in [0.2, 0.25) is 0 Å². The summed E-state index contributed by atoms with van der Waals surface area (Å²) in [6, 6.07) is 0. The van der Waals surface area contributed by atoms with Crippen LogP contribution in [0.2, 0.25) is 0 Å². The van der Waals surface area contributed by atoms with Crippen LogP contribution in [0, 0.1) is 0 Å². The highest BCUT2D eigenvalue weighted by atomic mass is 15.0. The number of hydrogen-bond donors (Lipinski definition) is 0. The first-order chi connectivity index (χ1) is 7.24. The Morgan fingerprint density at radius 2 is 2.00 bits per heavy atom. The van der Waals surface area contributed by atoms with E-state index in [0.717, 1.165) is 6.54 Å². The molecule has 0 unspecified atom stereocenters. The van der Waals surface area contributed by atoms with Crippen LogP contribution in [0.25, 0.3) is 0 Å². The second-order valence-electron chi connectivity index (χ2n) is 4.51. The van der Waals surface area contributed by atoms with Gasteiger partial charge in [-0.05, 0) is 37.7 Å². The smallest absolute Gasteiger partial charge is 0.0394 e. The van der Waals surface area contributed by atoms with E-state index in [1.807, 2.05) is 0 Å². The van der Waals surface area contributed by atoms with Crippen LogP contribution in [-0.4, -0.2) is 31.3 Å². The summed E-state index contributed by atoms with van der Waals surface area (Å²) < 4.78 is 0. The van der Waals surface area contributed by atoms with E-state index in [4.69, 9.17) is 4.99 Å². The predicted molar refractivity (Wildman–Crippen MR) is 67.4 cm³/mol. The fraction of sp³-hybridized carbons (Fsp3) is 0.769. The van der Waals surface area contributed by atoms with E-state index in [2.05, 4.69) is 32.1 Å². The highest BCUT2D eigenvalue weighted by molar-refractivity contribution is 6.00. The third kappa shape index (κ3) is 4.50. The third-order valence-corrected chi connectivity index (χ3v) is 2.71. The van der Waals surface area contributed by atoms with Crippen molar-refractivity contribution in [3.05, 3.63) is 11.8 Å². The van der Waals surface area contributed by atoms with Gasteiger partial charge < -0.3 is 4.90 Å². The van der Waals surface area contributed by atoms with Gasteiger partial charge >= 0.3 is 0 Å². The molecule has 2 nitrogen and oxygen atoms in total. The topological polar surface area (TPSA) is 15.6 Å². The van der Waals surface area contributed by atoms with Crippen LogP contribution in [-0.2, 0) is 0 Å². The Morgan fingerprint density at radius 3 is 2.67 bits per heavy atom. The fourth-order valence-corrected chi connectivity index (χ4v) is 1.92. The summed E-state index contributed by atoms with van der Waals surface area (Å²) in [5.74, 6) is 0. The molecule has 1 aliphatic carbocycles. The molecule has 0 radical (unpaired) electrons. The van der Waals surface area contributed by atoms with E-state index in [1.165, 1.54) is 49.8 Å². The Labute approximate surface area is 94.1 Å². The zero-order valence-electron chi connectivity index (χ0n) is 10.4. The quantitative estimate of drug-likeness (QED) is 0.648. The van der Waals surface area contributed by atoms with Crippen LogP contribution in [0.3, 0.4) is 0 Å². The zero-order valence-corrected chi connectivity index (χ0v) is 10.4. The lowest BCUT2D eigenvalue weighted by atomic mass is 9.93.